The lowest BCUT2D eigenvalue weighted by Gasteiger charge is -2.43. The van der Waals surface area contributed by atoms with E-state index in [-0.39, 0.29) is 6.10 Å². The van der Waals surface area contributed by atoms with Crippen LogP contribution >= 0.6 is 11.8 Å². The molecule has 0 radical (unpaired) electrons. The molecule has 98 valence electrons. The summed E-state index contributed by atoms with van der Waals surface area (Å²) < 4.78 is 5.92. The molecule has 0 aromatic heterocycles. The normalized spacial score (nSPS) is 27.7. The molecule has 1 heterocycles. The Morgan fingerprint density at radius 3 is 2.94 bits per heavy atom. The number of morpholine rings is 1. The maximum atomic E-state index is 10.1. The molecule has 3 rings (SSSR count). The van der Waals surface area contributed by atoms with Crippen molar-refractivity contribution < 1.29 is 9.84 Å². The number of nitrogens with zero attached hydrogens (tertiary/aromatic N) is 1. The fraction of sp³-hybridized carbons (Fsp3) is 0.571. The maximum absolute atomic E-state index is 10.1. The van der Waals surface area contributed by atoms with E-state index in [2.05, 4.69) is 18.2 Å². The Kier molecular flexibility index (Phi) is 3.26. The van der Waals surface area contributed by atoms with E-state index in [4.69, 9.17) is 4.74 Å². The molecule has 18 heavy (non-hydrogen) atoms. The smallest absolute Gasteiger partial charge is 0.119 e. The Morgan fingerprint density at radius 1 is 1.33 bits per heavy atom. The molecule has 0 bridgehead atoms. The van der Waals surface area contributed by atoms with Crippen LogP contribution in [0.3, 0.4) is 0 Å². The minimum Gasteiger partial charge on any atom is -0.508 e. The summed E-state index contributed by atoms with van der Waals surface area (Å²) in [6, 6.07) is 4.26. The average Bonchev–Trinajstić information content (AvgIpc) is 2.38. The molecule has 1 N–H and O–H groups in total. The Hall–Kier alpha value is -0.710. The second kappa shape index (κ2) is 4.76. The van der Waals surface area contributed by atoms with E-state index < -0.39 is 0 Å². The number of rotatable bonds is 1. The van der Waals surface area contributed by atoms with Gasteiger partial charge in [-0.25, -0.2) is 0 Å². The first-order valence-corrected chi connectivity index (χ1v) is 7.62. The molecular weight excluding hydrogens is 246 g/mol. The minimum atomic E-state index is 0.281. The number of hydrogen-bond donors (Lipinski definition) is 1. The third-order valence-electron chi connectivity index (χ3n) is 4.17. The molecule has 0 amide bonds. The molecule has 3 nitrogen and oxygen atoms in total. The van der Waals surface area contributed by atoms with Crippen LogP contribution in [0.25, 0.3) is 0 Å². The fourth-order valence-corrected chi connectivity index (χ4v) is 3.76. The van der Waals surface area contributed by atoms with Crippen LogP contribution in [-0.4, -0.2) is 48.6 Å². The van der Waals surface area contributed by atoms with Gasteiger partial charge in [0.05, 0.1) is 12.7 Å². The van der Waals surface area contributed by atoms with Crippen molar-refractivity contribution in [2.45, 2.75) is 29.9 Å². The Balaban J connectivity index is 2.01. The monoisotopic (exact) mass is 265 g/mol. The van der Waals surface area contributed by atoms with Crippen LogP contribution in [0.4, 0.5) is 0 Å². The highest BCUT2D eigenvalue weighted by atomic mass is 32.2. The van der Waals surface area contributed by atoms with Crippen molar-refractivity contribution in [1.29, 1.82) is 0 Å². The summed E-state index contributed by atoms with van der Waals surface area (Å²) in [5, 5.41) is 10.1. The summed E-state index contributed by atoms with van der Waals surface area (Å²) >= 11 is 1.75. The van der Waals surface area contributed by atoms with E-state index in [9.17, 15) is 5.11 Å². The van der Waals surface area contributed by atoms with Gasteiger partial charge in [-0.1, -0.05) is 0 Å². The van der Waals surface area contributed by atoms with Crippen molar-refractivity contribution in [3.63, 3.8) is 0 Å². The number of fused-ring (bicyclic) bond motifs is 2. The van der Waals surface area contributed by atoms with E-state index in [1.165, 1.54) is 10.5 Å². The molecule has 1 saturated heterocycles. The third kappa shape index (κ3) is 1.92. The number of benzene rings is 1. The molecule has 0 saturated carbocycles. The van der Waals surface area contributed by atoms with Crippen LogP contribution in [0, 0.1) is 0 Å². The second-order valence-electron chi connectivity index (χ2n) is 5.11. The lowest BCUT2D eigenvalue weighted by atomic mass is 9.84. The standard InChI is InChI=1S/C14H19NO2S/c1-15-5-6-17-13-8-10-9(7-11(13)15)12(16)3-4-14(10)18-2/h3-4,11,13,16H,5-8H2,1-2H3/t11-,13-/m0/s1. The van der Waals surface area contributed by atoms with Gasteiger partial charge < -0.3 is 9.84 Å². The van der Waals surface area contributed by atoms with Crippen molar-refractivity contribution in [1.82, 2.24) is 4.90 Å². The van der Waals surface area contributed by atoms with Crippen LogP contribution in [0.2, 0.25) is 0 Å². The highest BCUT2D eigenvalue weighted by Crippen LogP contribution is 2.38. The van der Waals surface area contributed by atoms with Crippen molar-refractivity contribution in [3.8, 4) is 5.75 Å². The van der Waals surface area contributed by atoms with Gasteiger partial charge >= 0.3 is 0 Å². The summed E-state index contributed by atoms with van der Waals surface area (Å²) in [4.78, 5) is 3.64. The SMILES string of the molecule is CSc1ccc(O)c2c1C[C@@H]1OCCN(C)[C@H]1C2. The first-order valence-electron chi connectivity index (χ1n) is 6.40. The van der Waals surface area contributed by atoms with Crippen LogP contribution in [0.5, 0.6) is 5.75 Å². The van der Waals surface area contributed by atoms with Gasteiger partial charge in [0.2, 0.25) is 0 Å². The van der Waals surface area contributed by atoms with Gasteiger partial charge in [0.1, 0.15) is 5.75 Å². The van der Waals surface area contributed by atoms with Crippen molar-refractivity contribution in [2.24, 2.45) is 0 Å². The molecule has 2 atom stereocenters. The lowest BCUT2D eigenvalue weighted by Crippen LogP contribution is -2.53. The predicted molar refractivity (Wildman–Crippen MR) is 73.5 cm³/mol. The van der Waals surface area contributed by atoms with Gasteiger partial charge in [-0.05, 0) is 43.0 Å². The van der Waals surface area contributed by atoms with Gasteiger partial charge in [-0.3, -0.25) is 4.90 Å². The summed E-state index contributed by atoms with van der Waals surface area (Å²) in [6.45, 7) is 1.81. The number of thioether (sulfide) groups is 1. The van der Waals surface area contributed by atoms with Crippen molar-refractivity contribution in [2.75, 3.05) is 26.5 Å². The van der Waals surface area contributed by atoms with E-state index in [0.29, 0.717) is 11.8 Å². The van der Waals surface area contributed by atoms with Gasteiger partial charge in [-0.15, -0.1) is 11.8 Å². The molecule has 1 aromatic rings. The average molecular weight is 265 g/mol. The molecule has 1 aliphatic carbocycles. The Labute approximate surface area is 112 Å². The molecule has 2 aliphatic rings. The number of ether oxygens (including phenoxy) is 1. The fourth-order valence-electron chi connectivity index (χ4n) is 3.10. The highest BCUT2D eigenvalue weighted by Gasteiger charge is 2.36. The summed E-state index contributed by atoms with van der Waals surface area (Å²) in [7, 11) is 2.15. The van der Waals surface area contributed by atoms with E-state index in [0.717, 1.165) is 31.6 Å². The predicted octanol–water partition coefficient (Wildman–Crippen LogP) is 1.91. The lowest BCUT2D eigenvalue weighted by molar-refractivity contribution is -0.0649. The molecule has 0 spiro atoms. The van der Waals surface area contributed by atoms with Crippen molar-refractivity contribution in [3.05, 3.63) is 23.3 Å². The van der Waals surface area contributed by atoms with Gasteiger partial charge in [0.25, 0.3) is 0 Å². The second-order valence-corrected chi connectivity index (χ2v) is 5.96. The van der Waals surface area contributed by atoms with Crippen LogP contribution in [-0.2, 0) is 17.6 Å². The summed E-state index contributed by atoms with van der Waals surface area (Å²) in [6.07, 6.45) is 4.20. The number of aromatic hydroxyl groups is 1. The molecular formula is C14H19NO2S. The zero-order chi connectivity index (χ0) is 12.7. The van der Waals surface area contributed by atoms with Gasteiger partial charge in [0.15, 0.2) is 0 Å². The highest BCUT2D eigenvalue weighted by molar-refractivity contribution is 7.98. The first-order chi connectivity index (χ1) is 8.70. The van der Waals surface area contributed by atoms with Gasteiger partial charge in [0, 0.05) is 23.9 Å². The zero-order valence-corrected chi connectivity index (χ0v) is 11.7. The quantitative estimate of drug-likeness (QED) is 0.786. The number of likely N-dealkylation sites (N-methyl/N-ethyl adjacent to an activating group) is 1. The third-order valence-corrected chi connectivity index (χ3v) is 5.00. The summed E-state index contributed by atoms with van der Waals surface area (Å²) in [5.41, 5.74) is 2.42. The number of phenolic OH excluding ortho intramolecular Hbond substituents is 1. The molecule has 4 heteroatoms. The zero-order valence-electron chi connectivity index (χ0n) is 10.8. The summed E-state index contributed by atoms with van der Waals surface area (Å²) in [5.74, 6) is 0.445. The van der Waals surface area contributed by atoms with E-state index in [1.807, 2.05) is 12.1 Å². The molecule has 1 aliphatic heterocycles. The number of hydrogen-bond acceptors (Lipinski definition) is 4. The van der Waals surface area contributed by atoms with Crippen LogP contribution in [0.1, 0.15) is 11.1 Å². The topological polar surface area (TPSA) is 32.7 Å². The van der Waals surface area contributed by atoms with Crippen molar-refractivity contribution >= 4 is 11.8 Å². The Bertz CT molecular complexity index is 463. The molecule has 1 fully saturated rings. The molecule has 0 unspecified atom stereocenters. The minimum absolute atomic E-state index is 0.281. The Morgan fingerprint density at radius 2 is 2.17 bits per heavy atom. The van der Waals surface area contributed by atoms with Gasteiger partial charge in [-0.2, -0.15) is 0 Å². The largest absolute Gasteiger partial charge is 0.508 e. The van der Waals surface area contributed by atoms with Crippen LogP contribution in [0.15, 0.2) is 17.0 Å². The van der Waals surface area contributed by atoms with E-state index in [1.54, 1.807) is 11.8 Å². The van der Waals surface area contributed by atoms with E-state index >= 15 is 0 Å². The van der Waals surface area contributed by atoms with Crippen LogP contribution < -0.4 is 0 Å². The maximum Gasteiger partial charge on any atom is 0.119 e. The molecule has 1 aromatic carbocycles. The number of phenols is 1. The first kappa shape index (κ1) is 12.3.